The summed E-state index contributed by atoms with van der Waals surface area (Å²) in [5.41, 5.74) is 7.30. The number of hydrogen-bond acceptors (Lipinski definition) is 5. The number of carbonyl (C=O) groups is 2. The summed E-state index contributed by atoms with van der Waals surface area (Å²) in [6, 6.07) is 19.3. The summed E-state index contributed by atoms with van der Waals surface area (Å²) in [6.45, 7) is 0. The van der Waals surface area contributed by atoms with Crippen LogP contribution in [0.25, 0.3) is 27.4 Å². The molecular formula is C25H17Cl2N5O4S. The van der Waals surface area contributed by atoms with Crippen molar-refractivity contribution in [2.24, 2.45) is 10.9 Å². The van der Waals surface area contributed by atoms with Crippen molar-refractivity contribution in [2.75, 3.05) is 5.32 Å². The Morgan fingerprint density at radius 1 is 0.919 bits per heavy atom. The standard InChI is InChI=1S/C25H17Cl2N5O4S/c26-20-3-1-2-17(21(20)27)25(34)30-14-6-4-13-5-11-18-22(24(28)33)31-32(23(18)19(13)12-14)15-7-9-16(10-8-15)37(29,35)36/h1-12H,(H2,28,33)(H,30,34)(H2,29,35,36). The summed E-state index contributed by atoms with van der Waals surface area (Å²) < 4.78 is 24.8. The van der Waals surface area contributed by atoms with E-state index in [-0.39, 0.29) is 26.2 Å². The van der Waals surface area contributed by atoms with Crippen molar-refractivity contribution in [3.05, 3.63) is 94.1 Å². The van der Waals surface area contributed by atoms with Crippen molar-refractivity contribution in [3.63, 3.8) is 0 Å². The van der Waals surface area contributed by atoms with Gasteiger partial charge in [-0.15, -0.1) is 0 Å². The van der Waals surface area contributed by atoms with Crippen LogP contribution in [0.1, 0.15) is 20.8 Å². The molecule has 0 fully saturated rings. The maximum absolute atomic E-state index is 12.9. The molecule has 0 saturated heterocycles. The zero-order valence-electron chi connectivity index (χ0n) is 18.8. The zero-order chi connectivity index (χ0) is 26.5. The van der Waals surface area contributed by atoms with Gasteiger partial charge in [0.1, 0.15) is 0 Å². The van der Waals surface area contributed by atoms with E-state index in [1.165, 1.54) is 28.9 Å². The first-order valence-corrected chi connectivity index (χ1v) is 13.0. The molecule has 0 radical (unpaired) electrons. The number of nitrogens with two attached hydrogens (primary N) is 2. The van der Waals surface area contributed by atoms with Crippen LogP contribution < -0.4 is 16.2 Å². The fraction of sp³-hybridized carbons (Fsp3) is 0. The topological polar surface area (TPSA) is 150 Å². The monoisotopic (exact) mass is 553 g/mol. The molecule has 37 heavy (non-hydrogen) atoms. The molecule has 5 N–H and O–H groups in total. The summed E-state index contributed by atoms with van der Waals surface area (Å²) in [5, 5.41) is 14.7. The van der Waals surface area contributed by atoms with E-state index in [0.29, 0.717) is 27.7 Å². The number of carbonyl (C=O) groups excluding carboxylic acids is 2. The maximum atomic E-state index is 12.9. The molecule has 1 heterocycles. The summed E-state index contributed by atoms with van der Waals surface area (Å²) >= 11 is 12.2. The van der Waals surface area contributed by atoms with Gasteiger partial charge in [0, 0.05) is 16.5 Å². The number of rotatable bonds is 5. The lowest BCUT2D eigenvalue weighted by atomic mass is 10.0. The lowest BCUT2D eigenvalue weighted by molar-refractivity contribution is 0.0994. The Morgan fingerprint density at radius 2 is 1.62 bits per heavy atom. The van der Waals surface area contributed by atoms with Crippen LogP contribution >= 0.6 is 23.2 Å². The van der Waals surface area contributed by atoms with Crippen LogP contribution in [-0.4, -0.2) is 30.0 Å². The first-order valence-electron chi connectivity index (χ1n) is 10.7. The number of fused-ring (bicyclic) bond motifs is 3. The molecule has 2 amide bonds. The second kappa shape index (κ2) is 9.16. The highest BCUT2D eigenvalue weighted by atomic mass is 35.5. The molecule has 12 heteroatoms. The highest BCUT2D eigenvalue weighted by Gasteiger charge is 2.20. The Labute approximate surface area is 220 Å². The highest BCUT2D eigenvalue weighted by molar-refractivity contribution is 7.89. The molecule has 0 atom stereocenters. The van der Waals surface area contributed by atoms with Gasteiger partial charge in [-0.1, -0.05) is 41.4 Å². The number of amides is 2. The largest absolute Gasteiger partial charge is 0.364 e. The minimum atomic E-state index is -3.89. The number of primary amides is 1. The minimum Gasteiger partial charge on any atom is -0.364 e. The molecule has 9 nitrogen and oxygen atoms in total. The molecule has 5 aromatic rings. The third-order valence-corrected chi connectivity index (χ3v) is 7.51. The lowest BCUT2D eigenvalue weighted by Crippen LogP contribution is -2.13. The quantitative estimate of drug-likeness (QED) is 0.293. The molecule has 186 valence electrons. The molecule has 0 saturated carbocycles. The van der Waals surface area contributed by atoms with E-state index in [2.05, 4.69) is 10.4 Å². The molecular weight excluding hydrogens is 537 g/mol. The second-order valence-electron chi connectivity index (χ2n) is 8.12. The number of halogens is 2. The Balaban J connectivity index is 1.67. The van der Waals surface area contributed by atoms with Gasteiger partial charge >= 0.3 is 0 Å². The van der Waals surface area contributed by atoms with E-state index >= 15 is 0 Å². The normalized spacial score (nSPS) is 11.6. The van der Waals surface area contributed by atoms with Crippen molar-refractivity contribution in [2.45, 2.75) is 4.90 Å². The van der Waals surface area contributed by atoms with Gasteiger partial charge in [-0.3, -0.25) is 9.59 Å². The van der Waals surface area contributed by atoms with E-state index in [4.69, 9.17) is 34.1 Å². The van der Waals surface area contributed by atoms with Crippen molar-refractivity contribution < 1.29 is 18.0 Å². The first kappa shape index (κ1) is 24.7. The lowest BCUT2D eigenvalue weighted by Gasteiger charge is -2.11. The Bertz CT molecular complexity index is 1850. The van der Waals surface area contributed by atoms with Crippen LogP contribution in [0.3, 0.4) is 0 Å². The van der Waals surface area contributed by atoms with Crippen molar-refractivity contribution in [3.8, 4) is 5.69 Å². The second-order valence-corrected chi connectivity index (χ2v) is 10.5. The molecule has 0 aliphatic rings. The van der Waals surface area contributed by atoms with Crippen LogP contribution in [0.2, 0.25) is 10.0 Å². The van der Waals surface area contributed by atoms with Crippen LogP contribution in [0, 0.1) is 0 Å². The maximum Gasteiger partial charge on any atom is 0.269 e. The SMILES string of the molecule is NC(=O)c1nn(-c2ccc(S(N)(=O)=O)cc2)c2c1ccc1ccc(NC(=O)c3cccc(Cl)c3Cl)cc12. The smallest absolute Gasteiger partial charge is 0.269 e. The van der Waals surface area contributed by atoms with Gasteiger partial charge in [-0.2, -0.15) is 5.10 Å². The van der Waals surface area contributed by atoms with Crippen LogP contribution in [0.4, 0.5) is 5.69 Å². The fourth-order valence-corrected chi connectivity index (χ4v) is 4.93. The molecule has 4 aromatic carbocycles. The van der Waals surface area contributed by atoms with Gasteiger partial charge < -0.3 is 11.1 Å². The molecule has 5 rings (SSSR count). The van der Waals surface area contributed by atoms with Crippen molar-refractivity contribution in [1.82, 2.24) is 9.78 Å². The van der Waals surface area contributed by atoms with Crippen LogP contribution in [0.15, 0.2) is 77.7 Å². The molecule has 0 unspecified atom stereocenters. The fourth-order valence-electron chi connectivity index (χ4n) is 4.03. The number of primary sulfonamides is 1. The molecule has 0 aliphatic heterocycles. The van der Waals surface area contributed by atoms with E-state index in [0.717, 1.165) is 5.39 Å². The summed E-state index contributed by atoms with van der Waals surface area (Å²) in [4.78, 5) is 25.0. The average Bonchev–Trinajstić information content (AvgIpc) is 3.26. The van der Waals surface area contributed by atoms with E-state index < -0.39 is 21.8 Å². The van der Waals surface area contributed by atoms with Gasteiger partial charge in [-0.05, 0) is 60.0 Å². The van der Waals surface area contributed by atoms with E-state index in [1.807, 2.05) is 0 Å². The number of anilines is 1. The number of aromatic nitrogens is 2. The number of sulfonamides is 1. The molecule has 1 aromatic heterocycles. The van der Waals surface area contributed by atoms with Gasteiger partial charge in [0.25, 0.3) is 11.8 Å². The number of nitrogens with one attached hydrogen (secondary N) is 1. The highest BCUT2D eigenvalue weighted by Crippen LogP contribution is 2.32. The Morgan fingerprint density at radius 3 is 2.30 bits per heavy atom. The molecule has 0 aliphatic carbocycles. The third-order valence-electron chi connectivity index (χ3n) is 5.76. The van der Waals surface area contributed by atoms with Crippen LogP contribution in [0.5, 0.6) is 0 Å². The van der Waals surface area contributed by atoms with E-state index in [1.54, 1.807) is 48.5 Å². The number of hydrogen-bond donors (Lipinski definition) is 3. The minimum absolute atomic E-state index is 0.0348. The summed E-state index contributed by atoms with van der Waals surface area (Å²) in [7, 11) is -3.89. The average molecular weight is 554 g/mol. The van der Waals surface area contributed by atoms with E-state index in [9.17, 15) is 18.0 Å². The van der Waals surface area contributed by atoms with Gasteiger partial charge in [0.15, 0.2) is 5.69 Å². The zero-order valence-corrected chi connectivity index (χ0v) is 21.1. The Hall–Kier alpha value is -3.96. The predicted molar refractivity (Wildman–Crippen MR) is 143 cm³/mol. The third kappa shape index (κ3) is 4.51. The predicted octanol–water partition coefficient (Wildman–Crippen LogP) is 4.48. The number of nitrogens with zero attached hydrogens (tertiary/aromatic N) is 2. The van der Waals surface area contributed by atoms with Crippen molar-refractivity contribution >= 4 is 72.4 Å². The number of benzene rings is 4. The van der Waals surface area contributed by atoms with Gasteiger partial charge in [-0.25, -0.2) is 18.2 Å². The molecule has 0 bridgehead atoms. The van der Waals surface area contributed by atoms with Gasteiger partial charge in [0.05, 0.1) is 31.7 Å². The summed E-state index contributed by atoms with van der Waals surface area (Å²) in [5.74, 6) is -1.19. The van der Waals surface area contributed by atoms with Gasteiger partial charge in [0.2, 0.25) is 10.0 Å². The summed E-state index contributed by atoms with van der Waals surface area (Å²) in [6.07, 6.45) is 0. The first-order chi connectivity index (χ1) is 17.5. The molecule has 0 spiro atoms. The Kier molecular flexibility index (Phi) is 6.12. The van der Waals surface area contributed by atoms with Crippen molar-refractivity contribution in [1.29, 1.82) is 0 Å². The van der Waals surface area contributed by atoms with Crippen LogP contribution in [-0.2, 0) is 10.0 Å².